The molecule has 0 bridgehead atoms. The summed E-state index contributed by atoms with van der Waals surface area (Å²) in [6.45, 7) is 0.135. The maximum Gasteiger partial charge on any atom is 0.270 e. The van der Waals surface area contributed by atoms with Crippen molar-refractivity contribution in [2.24, 2.45) is 0 Å². The number of likely N-dealkylation sites (N-methyl/N-ethyl adjacent to an activating group) is 1. The number of nitrogens with one attached hydrogen (secondary N) is 1. The smallest absolute Gasteiger partial charge is 0.270 e. The molecule has 0 aliphatic carbocycles. The molecule has 1 N–H and O–H groups in total. The van der Waals surface area contributed by atoms with Gasteiger partial charge in [0, 0.05) is 25.2 Å². The minimum Gasteiger partial charge on any atom is -0.494 e. The van der Waals surface area contributed by atoms with Gasteiger partial charge in [0.1, 0.15) is 11.5 Å². The molecule has 0 unspecified atom stereocenters. The summed E-state index contributed by atoms with van der Waals surface area (Å²) >= 11 is 0. The molecule has 30 heavy (non-hydrogen) atoms. The second-order valence-electron chi connectivity index (χ2n) is 6.52. The number of hydrogen-bond acceptors (Lipinski definition) is 4. The number of amides is 2. The highest BCUT2D eigenvalue weighted by Crippen LogP contribution is 2.19. The van der Waals surface area contributed by atoms with Gasteiger partial charge in [0.25, 0.3) is 11.8 Å². The minimum absolute atomic E-state index is 0.0373. The Labute approximate surface area is 173 Å². The second-order valence-corrected chi connectivity index (χ2v) is 6.52. The van der Waals surface area contributed by atoms with Crippen LogP contribution in [-0.2, 0) is 11.3 Å². The molecular formula is C23H21FN2O4. The summed E-state index contributed by atoms with van der Waals surface area (Å²) in [7, 11) is 2.95. The van der Waals surface area contributed by atoms with E-state index in [9.17, 15) is 14.0 Å². The van der Waals surface area contributed by atoms with E-state index >= 15 is 0 Å². The van der Waals surface area contributed by atoms with Crippen LogP contribution < -0.4 is 10.1 Å². The Morgan fingerprint density at radius 2 is 1.90 bits per heavy atom. The first-order chi connectivity index (χ1) is 14.5. The largest absolute Gasteiger partial charge is 0.494 e. The summed E-state index contributed by atoms with van der Waals surface area (Å²) in [4.78, 5) is 27.0. The number of nitrogens with zero attached hydrogens (tertiary/aromatic N) is 1. The molecule has 6 nitrogen and oxygen atoms in total. The van der Waals surface area contributed by atoms with E-state index in [1.807, 2.05) is 0 Å². The summed E-state index contributed by atoms with van der Waals surface area (Å²) in [6, 6.07) is 16.4. The van der Waals surface area contributed by atoms with E-state index in [0.717, 1.165) is 0 Å². The van der Waals surface area contributed by atoms with Crippen LogP contribution >= 0.6 is 0 Å². The van der Waals surface area contributed by atoms with Crippen molar-refractivity contribution >= 4 is 17.9 Å². The van der Waals surface area contributed by atoms with Crippen LogP contribution in [0.3, 0.4) is 0 Å². The lowest BCUT2D eigenvalue weighted by Gasteiger charge is -2.20. The molecule has 0 fully saturated rings. The topological polar surface area (TPSA) is 71.8 Å². The second kappa shape index (κ2) is 9.56. The molecule has 1 aromatic heterocycles. The van der Waals surface area contributed by atoms with Crippen molar-refractivity contribution in [2.75, 3.05) is 14.2 Å². The van der Waals surface area contributed by atoms with E-state index in [1.54, 1.807) is 55.6 Å². The van der Waals surface area contributed by atoms with Crippen molar-refractivity contribution in [1.29, 1.82) is 0 Å². The fraction of sp³-hybridized carbons (Fsp3) is 0.130. The maximum atomic E-state index is 14.0. The first-order valence-electron chi connectivity index (χ1n) is 9.17. The molecule has 2 aromatic carbocycles. The lowest BCUT2D eigenvalue weighted by Crippen LogP contribution is -2.36. The summed E-state index contributed by atoms with van der Waals surface area (Å²) in [5.41, 5.74) is 1.03. The number of furan rings is 1. The Bertz CT molecular complexity index is 1050. The SMILES string of the molecule is COc1ccc(CN(C)C(=O)/C(=C/c2ccco2)NC(=O)c2ccccc2)cc1F. The maximum absolute atomic E-state index is 14.0. The predicted octanol–water partition coefficient (Wildman–Crippen LogP) is 3.86. The van der Waals surface area contributed by atoms with Gasteiger partial charge in [-0.1, -0.05) is 24.3 Å². The molecular weight excluding hydrogens is 387 g/mol. The fourth-order valence-corrected chi connectivity index (χ4v) is 2.81. The minimum atomic E-state index is -0.514. The van der Waals surface area contributed by atoms with Crippen molar-refractivity contribution in [2.45, 2.75) is 6.54 Å². The zero-order valence-electron chi connectivity index (χ0n) is 16.6. The summed E-state index contributed by atoms with van der Waals surface area (Å²) in [5, 5.41) is 2.64. The number of methoxy groups -OCH3 is 1. The van der Waals surface area contributed by atoms with Gasteiger partial charge in [0.15, 0.2) is 11.6 Å². The van der Waals surface area contributed by atoms with E-state index in [1.165, 1.54) is 36.5 Å². The Balaban J connectivity index is 1.81. The molecule has 0 aliphatic heterocycles. The number of hydrogen-bond donors (Lipinski definition) is 1. The highest BCUT2D eigenvalue weighted by molar-refractivity contribution is 6.05. The van der Waals surface area contributed by atoms with E-state index in [0.29, 0.717) is 16.9 Å². The van der Waals surface area contributed by atoms with Crippen molar-refractivity contribution in [3.8, 4) is 5.75 Å². The zero-order valence-corrected chi connectivity index (χ0v) is 16.6. The molecule has 7 heteroatoms. The van der Waals surface area contributed by atoms with Gasteiger partial charge in [-0.2, -0.15) is 0 Å². The average Bonchev–Trinajstić information content (AvgIpc) is 3.26. The molecule has 2 amide bonds. The lowest BCUT2D eigenvalue weighted by atomic mass is 10.1. The van der Waals surface area contributed by atoms with Gasteiger partial charge >= 0.3 is 0 Å². The number of carbonyl (C=O) groups excluding carboxylic acids is 2. The van der Waals surface area contributed by atoms with Crippen molar-refractivity contribution in [1.82, 2.24) is 10.2 Å². The predicted molar refractivity (Wildman–Crippen MR) is 110 cm³/mol. The number of carbonyl (C=O) groups is 2. The molecule has 0 spiro atoms. The molecule has 0 radical (unpaired) electrons. The normalized spacial score (nSPS) is 11.1. The highest BCUT2D eigenvalue weighted by atomic mass is 19.1. The van der Waals surface area contributed by atoms with Gasteiger partial charge in [-0.25, -0.2) is 4.39 Å². The van der Waals surface area contributed by atoms with Crippen molar-refractivity contribution in [3.05, 3.63) is 95.3 Å². The molecule has 154 valence electrons. The summed E-state index contributed by atoms with van der Waals surface area (Å²) < 4.78 is 24.2. The van der Waals surface area contributed by atoms with Crippen LogP contribution in [-0.4, -0.2) is 30.9 Å². The Hall–Kier alpha value is -3.87. The summed E-state index contributed by atoms with van der Waals surface area (Å²) in [5.74, 6) is -0.853. The van der Waals surface area contributed by atoms with Gasteiger partial charge in [-0.15, -0.1) is 0 Å². The standard InChI is InChI=1S/C23H21FN2O4/c1-26(15-16-10-11-21(29-2)19(24)13-16)23(28)20(14-18-9-6-12-30-18)25-22(27)17-7-4-3-5-8-17/h3-14H,15H2,1-2H3,(H,25,27)/b20-14-. The molecule has 0 saturated carbocycles. The number of benzene rings is 2. The number of halogens is 1. The Morgan fingerprint density at radius 1 is 1.13 bits per heavy atom. The van der Waals surface area contributed by atoms with E-state index in [-0.39, 0.29) is 18.0 Å². The molecule has 1 heterocycles. The van der Waals surface area contributed by atoms with Gasteiger partial charge in [-0.05, 0) is 42.0 Å². The van der Waals surface area contributed by atoms with Gasteiger partial charge in [0.2, 0.25) is 0 Å². The van der Waals surface area contributed by atoms with Gasteiger partial charge < -0.3 is 19.4 Å². The van der Waals surface area contributed by atoms with Gasteiger partial charge in [0.05, 0.1) is 13.4 Å². The molecule has 0 aliphatic rings. The first-order valence-corrected chi connectivity index (χ1v) is 9.17. The molecule has 0 saturated heterocycles. The van der Waals surface area contributed by atoms with Crippen LogP contribution in [0.5, 0.6) is 5.75 Å². The third kappa shape index (κ3) is 5.14. The van der Waals surface area contributed by atoms with Crippen molar-refractivity contribution in [3.63, 3.8) is 0 Å². The summed E-state index contributed by atoms with van der Waals surface area (Å²) in [6.07, 6.45) is 2.92. The molecule has 3 aromatic rings. The fourth-order valence-electron chi connectivity index (χ4n) is 2.81. The molecule has 3 rings (SSSR count). The zero-order chi connectivity index (χ0) is 21.5. The Kier molecular flexibility index (Phi) is 6.64. The molecule has 0 atom stereocenters. The van der Waals surface area contributed by atoms with Crippen LogP contribution in [0.2, 0.25) is 0 Å². The highest BCUT2D eigenvalue weighted by Gasteiger charge is 2.19. The van der Waals surface area contributed by atoms with Crippen LogP contribution in [0.4, 0.5) is 4.39 Å². The average molecular weight is 408 g/mol. The number of ether oxygens (including phenoxy) is 1. The van der Waals surface area contributed by atoms with Gasteiger partial charge in [-0.3, -0.25) is 9.59 Å². The monoisotopic (exact) mass is 408 g/mol. The van der Waals surface area contributed by atoms with E-state index < -0.39 is 17.6 Å². The lowest BCUT2D eigenvalue weighted by molar-refractivity contribution is -0.126. The number of rotatable bonds is 7. The first kappa shape index (κ1) is 20.9. The third-order valence-corrected chi connectivity index (χ3v) is 4.33. The van der Waals surface area contributed by atoms with Crippen LogP contribution in [0.15, 0.2) is 77.0 Å². The van der Waals surface area contributed by atoms with Crippen LogP contribution in [0, 0.1) is 5.82 Å². The van der Waals surface area contributed by atoms with E-state index in [2.05, 4.69) is 5.32 Å². The quantitative estimate of drug-likeness (QED) is 0.603. The van der Waals surface area contributed by atoms with Crippen LogP contribution in [0.25, 0.3) is 6.08 Å². The van der Waals surface area contributed by atoms with Crippen molar-refractivity contribution < 1.29 is 23.1 Å². The van der Waals surface area contributed by atoms with E-state index in [4.69, 9.17) is 9.15 Å². The van der Waals surface area contributed by atoms with Crippen LogP contribution in [0.1, 0.15) is 21.7 Å². The third-order valence-electron chi connectivity index (χ3n) is 4.33. The Morgan fingerprint density at radius 3 is 2.53 bits per heavy atom.